The minimum atomic E-state index is -0.263. The molecule has 2 aromatic carbocycles. The SMILES string of the molecule is COc1ccc(CNC(=O)Nc2cccc(COCC3CC3)c2)cc1OC. The van der Waals surface area contributed by atoms with Crippen LogP contribution in [0.4, 0.5) is 10.5 Å². The van der Waals surface area contributed by atoms with Gasteiger partial charge in [-0.3, -0.25) is 0 Å². The van der Waals surface area contributed by atoms with Crippen LogP contribution in [0.2, 0.25) is 0 Å². The van der Waals surface area contributed by atoms with Gasteiger partial charge in [0.05, 0.1) is 20.8 Å². The molecule has 0 radical (unpaired) electrons. The Kier molecular flexibility index (Phi) is 6.54. The predicted octanol–water partition coefficient (Wildman–Crippen LogP) is 3.95. The summed E-state index contributed by atoms with van der Waals surface area (Å²) < 4.78 is 16.2. The fraction of sp³-hybridized carbons (Fsp3) is 0.381. The van der Waals surface area contributed by atoms with Crippen molar-refractivity contribution in [3.63, 3.8) is 0 Å². The summed E-state index contributed by atoms with van der Waals surface area (Å²) in [7, 11) is 3.18. The summed E-state index contributed by atoms with van der Waals surface area (Å²) in [5, 5.41) is 5.70. The van der Waals surface area contributed by atoms with Crippen molar-refractivity contribution in [2.45, 2.75) is 26.0 Å². The van der Waals surface area contributed by atoms with Gasteiger partial charge < -0.3 is 24.8 Å². The van der Waals surface area contributed by atoms with Gasteiger partial charge in [0.2, 0.25) is 0 Å². The van der Waals surface area contributed by atoms with Gasteiger partial charge >= 0.3 is 6.03 Å². The van der Waals surface area contributed by atoms with Crippen molar-refractivity contribution in [1.29, 1.82) is 0 Å². The average molecular weight is 370 g/mol. The van der Waals surface area contributed by atoms with Crippen molar-refractivity contribution in [3.8, 4) is 11.5 Å². The van der Waals surface area contributed by atoms with E-state index in [1.54, 1.807) is 14.2 Å². The fourth-order valence-electron chi connectivity index (χ4n) is 2.72. The number of hydrogen-bond donors (Lipinski definition) is 2. The van der Waals surface area contributed by atoms with E-state index in [2.05, 4.69) is 10.6 Å². The molecule has 0 saturated heterocycles. The lowest BCUT2D eigenvalue weighted by molar-refractivity contribution is 0.111. The highest BCUT2D eigenvalue weighted by molar-refractivity contribution is 5.89. The maximum atomic E-state index is 12.2. The molecule has 0 aliphatic heterocycles. The molecule has 1 aliphatic rings. The molecule has 6 nitrogen and oxygen atoms in total. The topological polar surface area (TPSA) is 68.8 Å². The van der Waals surface area contributed by atoms with Gasteiger partial charge in [-0.2, -0.15) is 0 Å². The van der Waals surface area contributed by atoms with Crippen molar-refractivity contribution in [3.05, 3.63) is 53.6 Å². The monoisotopic (exact) mass is 370 g/mol. The Morgan fingerprint density at radius 1 is 1.04 bits per heavy atom. The van der Waals surface area contributed by atoms with E-state index in [-0.39, 0.29) is 6.03 Å². The lowest BCUT2D eigenvalue weighted by atomic mass is 10.2. The number of ether oxygens (including phenoxy) is 3. The number of carbonyl (C=O) groups is 1. The zero-order chi connectivity index (χ0) is 19.1. The quantitative estimate of drug-likeness (QED) is 0.701. The molecule has 1 saturated carbocycles. The molecular weight excluding hydrogens is 344 g/mol. The van der Waals surface area contributed by atoms with E-state index in [4.69, 9.17) is 14.2 Å². The standard InChI is InChI=1S/C21H26N2O4/c1-25-19-9-8-16(11-20(19)26-2)12-22-21(24)23-18-5-3-4-17(10-18)14-27-13-15-6-7-15/h3-5,8-11,15H,6-7,12-14H2,1-2H3,(H2,22,23,24). The van der Waals surface area contributed by atoms with Crippen LogP contribution >= 0.6 is 0 Å². The van der Waals surface area contributed by atoms with Gasteiger partial charge in [-0.05, 0) is 54.2 Å². The van der Waals surface area contributed by atoms with E-state index in [1.165, 1.54) is 12.8 Å². The van der Waals surface area contributed by atoms with E-state index < -0.39 is 0 Å². The molecule has 0 spiro atoms. The maximum absolute atomic E-state index is 12.2. The van der Waals surface area contributed by atoms with Crippen molar-refractivity contribution >= 4 is 11.7 Å². The Bertz CT molecular complexity index is 775. The molecule has 0 unspecified atom stereocenters. The number of methoxy groups -OCH3 is 2. The predicted molar refractivity (Wildman–Crippen MR) is 104 cm³/mol. The molecule has 0 heterocycles. The van der Waals surface area contributed by atoms with Crippen LogP contribution < -0.4 is 20.1 Å². The maximum Gasteiger partial charge on any atom is 0.319 e. The van der Waals surface area contributed by atoms with E-state index in [0.717, 1.165) is 29.3 Å². The second-order valence-electron chi connectivity index (χ2n) is 6.66. The molecule has 3 rings (SSSR count). The first-order valence-corrected chi connectivity index (χ1v) is 9.10. The summed E-state index contributed by atoms with van der Waals surface area (Å²) in [5.41, 5.74) is 2.71. The lowest BCUT2D eigenvalue weighted by Crippen LogP contribution is -2.28. The van der Waals surface area contributed by atoms with Gasteiger partial charge in [0, 0.05) is 18.8 Å². The first-order valence-electron chi connectivity index (χ1n) is 9.10. The summed E-state index contributed by atoms with van der Waals surface area (Å²) in [6.07, 6.45) is 2.56. The summed E-state index contributed by atoms with van der Waals surface area (Å²) in [4.78, 5) is 12.2. The largest absolute Gasteiger partial charge is 0.493 e. The number of amides is 2. The molecule has 1 aliphatic carbocycles. The molecule has 27 heavy (non-hydrogen) atoms. The minimum Gasteiger partial charge on any atom is -0.493 e. The van der Waals surface area contributed by atoms with Gasteiger partial charge in [0.15, 0.2) is 11.5 Å². The van der Waals surface area contributed by atoms with Gasteiger partial charge in [0.25, 0.3) is 0 Å². The smallest absolute Gasteiger partial charge is 0.319 e. The van der Waals surface area contributed by atoms with Gasteiger partial charge in [-0.1, -0.05) is 18.2 Å². The third-order valence-corrected chi connectivity index (χ3v) is 4.41. The zero-order valence-electron chi connectivity index (χ0n) is 15.8. The molecular formula is C21H26N2O4. The number of carbonyl (C=O) groups excluding carboxylic acids is 1. The zero-order valence-corrected chi connectivity index (χ0v) is 15.8. The van der Waals surface area contributed by atoms with Crippen LogP contribution in [-0.2, 0) is 17.9 Å². The Morgan fingerprint density at radius 3 is 2.59 bits per heavy atom. The Labute approximate surface area is 159 Å². The molecule has 2 aromatic rings. The third kappa shape index (κ3) is 5.89. The van der Waals surface area contributed by atoms with Crippen molar-refractivity contribution in [1.82, 2.24) is 5.32 Å². The first kappa shape index (κ1) is 19.0. The molecule has 6 heteroatoms. The second-order valence-corrected chi connectivity index (χ2v) is 6.66. The summed E-state index contributed by atoms with van der Waals surface area (Å²) in [6, 6.07) is 13.0. The lowest BCUT2D eigenvalue weighted by Gasteiger charge is -2.11. The summed E-state index contributed by atoms with van der Waals surface area (Å²) in [5.74, 6) is 2.04. The van der Waals surface area contributed by atoms with E-state index in [0.29, 0.717) is 24.7 Å². The molecule has 0 aromatic heterocycles. The van der Waals surface area contributed by atoms with Crippen LogP contribution in [0.15, 0.2) is 42.5 Å². The molecule has 2 amide bonds. The minimum absolute atomic E-state index is 0.263. The van der Waals surface area contributed by atoms with Crippen LogP contribution in [0.5, 0.6) is 11.5 Å². The van der Waals surface area contributed by atoms with Crippen molar-refractivity contribution in [2.24, 2.45) is 5.92 Å². The molecule has 144 valence electrons. The molecule has 0 atom stereocenters. The van der Waals surface area contributed by atoms with E-state index in [1.807, 2.05) is 42.5 Å². The van der Waals surface area contributed by atoms with E-state index in [9.17, 15) is 4.79 Å². The Balaban J connectivity index is 1.48. The average Bonchev–Trinajstić information content (AvgIpc) is 3.51. The van der Waals surface area contributed by atoms with Crippen LogP contribution in [0.3, 0.4) is 0 Å². The van der Waals surface area contributed by atoms with Crippen LogP contribution in [-0.4, -0.2) is 26.9 Å². The Morgan fingerprint density at radius 2 is 1.85 bits per heavy atom. The highest BCUT2D eigenvalue weighted by Crippen LogP contribution is 2.29. The van der Waals surface area contributed by atoms with Gasteiger partial charge in [0.1, 0.15) is 0 Å². The number of nitrogens with one attached hydrogen (secondary N) is 2. The van der Waals surface area contributed by atoms with Crippen molar-refractivity contribution < 1.29 is 19.0 Å². The summed E-state index contributed by atoms with van der Waals surface area (Å²) in [6.45, 7) is 1.78. The van der Waals surface area contributed by atoms with Crippen LogP contribution in [0.1, 0.15) is 24.0 Å². The number of benzene rings is 2. The summed E-state index contributed by atoms with van der Waals surface area (Å²) >= 11 is 0. The van der Waals surface area contributed by atoms with Crippen LogP contribution in [0.25, 0.3) is 0 Å². The number of rotatable bonds is 9. The molecule has 1 fully saturated rings. The highest BCUT2D eigenvalue weighted by Gasteiger charge is 2.21. The molecule has 2 N–H and O–H groups in total. The Hall–Kier alpha value is -2.73. The first-order chi connectivity index (χ1) is 13.2. The highest BCUT2D eigenvalue weighted by atomic mass is 16.5. The van der Waals surface area contributed by atoms with Crippen LogP contribution in [0, 0.1) is 5.92 Å². The molecule has 0 bridgehead atoms. The second kappa shape index (κ2) is 9.28. The van der Waals surface area contributed by atoms with E-state index >= 15 is 0 Å². The number of hydrogen-bond acceptors (Lipinski definition) is 4. The van der Waals surface area contributed by atoms with Crippen molar-refractivity contribution in [2.75, 3.05) is 26.1 Å². The van der Waals surface area contributed by atoms with Gasteiger partial charge in [-0.15, -0.1) is 0 Å². The third-order valence-electron chi connectivity index (χ3n) is 4.41. The fourth-order valence-corrected chi connectivity index (χ4v) is 2.72. The number of anilines is 1. The van der Waals surface area contributed by atoms with Gasteiger partial charge in [-0.25, -0.2) is 4.79 Å². The normalized spacial score (nSPS) is 13.1. The number of urea groups is 1.